The summed E-state index contributed by atoms with van der Waals surface area (Å²) < 4.78 is 17.0. The zero-order valence-electron chi connectivity index (χ0n) is 27.4. The van der Waals surface area contributed by atoms with E-state index in [2.05, 4.69) is 97.7 Å². The molecular formula is C40H50N2O2. The molecule has 6 aromatic rings. The Morgan fingerprint density at radius 2 is 0.773 bits per heavy atom. The first kappa shape index (κ1) is 30.4. The maximum Gasteiger partial charge on any atom is 0.194 e. The summed E-state index contributed by atoms with van der Waals surface area (Å²) in [6.45, 7) is 6.09. The van der Waals surface area contributed by atoms with E-state index >= 15 is 0 Å². The molecule has 0 saturated carbocycles. The first-order valence-electron chi connectivity index (χ1n) is 17.2. The van der Waals surface area contributed by atoms with E-state index < -0.39 is 0 Å². The van der Waals surface area contributed by atoms with Crippen LogP contribution in [0.25, 0.3) is 54.1 Å². The van der Waals surface area contributed by atoms with Crippen molar-refractivity contribution in [1.29, 1.82) is 0 Å². The third-order valence-electron chi connectivity index (χ3n) is 9.59. The van der Waals surface area contributed by atoms with Crippen LogP contribution in [-0.2, 0) is 14.1 Å². The molecule has 0 fully saturated rings. The van der Waals surface area contributed by atoms with Gasteiger partial charge in [0.05, 0.1) is 24.2 Å². The lowest BCUT2D eigenvalue weighted by Gasteiger charge is -2.12. The van der Waals surface area contributed by atoms with Gasteiger partial charge in [-0.15, -0.1) is 0 Å². The summed E-state index contributed by atoms with van der Waals surface area (Å²) >= 11 is 0. The van der Waals surface area contributed by atoms with Gasteiger partial charge >= 0.3 is 0 Å². The number of benzene rings is 4. The van der Waals surface area contributed by atoms with Gasteiger partial charge in [-0.1, -0.05) is 127 Å². The fourth-order valence-electron chi connectivity index (χ4n) is 7.10. The molecule has 2 aromatic heterocycles. The minimum atomic E-state index is 0.780. The van der Waals surface area contributed by atoms with Crippen LogP contribution < -0.4 is 9.47 Å². The summed E-state index contributed by atoms with van der Waals surface area (Å²) in [5.74, 6) is 1.92. The molecule has 44 heavy (non-hydrogen) atoms. The van der Waals surface area contributed by atoms with Crippen LogP contribution in [0.3, 0.4) is 0 Å². The van der Waals surface area contributed by atoms with E-state index in [1.807, 2.05) is 0 Å². The second-order valence-corrected chi connectivity index (χ2v) is 12.7. The highest BCUT2D eigenvalue weighted by atomic mass is 16.5. The maximum atomic E-state index is 6.28. The van der Waals surface area contributed by atoms with Gasteiger partial charge in [0.1, 0.15) is 0 Å². The van der Waals surface area contributed by atoms with E-state index in [-0.39, 0.29) is 0 Å². The van der Waals surface area contributed by atoms with Crippen molar-refractivity contribution in [2.45, 2.75) is 90.9 Å². The fraction of sp³-hybridized carbons (Fsp3) is 0.450. The van der Waals surface area contributed by atoms with Gasteiger partial charge in [0, 0.05) is 47.8 Å². The molecule has 0 radical (unpaired) electrons. The predicted molar refractivity (Wildman–Crippen MR) is 190 cm³/mol. The molecule has 0 aliphatic heterocycles. The van der Waals surface area contributed by atoms with E-state index in [0.29, 0.717) is 0 Å². The average Bonchev–Trinajstić information content (AvgIpc) is 3.55. The van der Waals surface area contributed by atoms with Crippen molar-refractivity contribution in [1.82, 2.24) is 9.13 Å². The van der Waals surface area contributed by atoms with Crippen LogP contribution in [0, 0.1) is 0 Å². The summed E-state index contributed by atoms with van der Waals surface area (Å²) in [4.78, 5) is 0. The van der Waals surface area contributed by atoms with Gasteiger partial charge in [-0.3, -0.25) is 0 Å². The van der Waals surface area contributed by atoms with E-state index in [0.717, 1.165) is 37.8 Å². The highest BCUT2D eigenvalue weighted by molar-refractivity contribution is 6.24. The Labute approximate surface area is 262 Å². The van der Waals surface area contributed by atoms with Crippen LogP contribution in [0.1, 0.15) is 90.9 Å². The second-order valence-electron chi connectivity index (χ2n) is 12.7. The van der Waals surface area contributed by atoms with Crippen LogP contribution in [0.2, 0.25) is 0 Å². The van der Waals surface area contributed by atoms with Crippen molar-refractivity contribution in [2.24, 2.45) is 14.1 Å². The fourth-order valence-corrected chi connectivity index (χ4v) is 7.10. The van der Waals surface area contributed by atoms with E-state index in [1.54, 1.807) is 0 Å². The Balaban J connectivity index is 1.26. The average molecular weight is 591 g/mol. The number of aryl methyl sites for hydroxylation is 2. The zero-order chi connectivity index (χ0) is 30.5. The molecule has 0 aliphatic rings. The smallest absolute Gasteiger partial charge is 0.194 e. The molecule has 0 aliphatic carbocycles. The number of rotatable bonds is 16. The Morgan fingerprint density at radius 3 is 1.20 bits per heavy atom. The summed E-state index contributed by atoms with van der Waals surface area (Å²) in [5, 5.41) is 10.2. The summed E-state index contributed by atoms with van der Waals surface area (Å²) in [6.07, 6.45) is 15.3. The third-order valence-corrected chi connectivity index (χ3v) is 9.59. The Morgan fingerprint density at radius 1 is 0.432 bits per heavy atom. The lowest BCUT2D eigenvalue weighted by molar-refractivity contribution is 0.285. The number of aromatic nitrogens is 2. The van der Waals surface area contributed by atoms with Crippen molar-refractivity contribution < 1.29 is 9.47 Å². The molecule has 0 amide bonds. The predicted octanol–water partition coefficient (Wildman–Crippen LogP) is 11.6. The Kier molecular flexibility index (Phi) is 9.64. The molecule has 0 N–H and O–H groups in total. The lowest BCUT2D eigenvalue weighted by atomic mass is 9.95. The quantitative estimate of drug-likeness (QED) is 0.0828. The van der Waals surface area contributed by atoms with Gasteiger partial charge in [0.2, 0.25) is 0 Å². The van der Waals surface area contributed by atoms with E-state index in [1.165, 1.54) is 118 Å². The number of unbranched alkanes of at least 4 members (excludes halogenated alkanes) is 10. The first-order valence-corrected chi connectivity index (χ1v) is 17.2. The molecule has 2 heterocycles. The SMILES string of the molecule is CCCCCCCCOc1cc2ccc3c4ccc5c(ccc6cc(OCCCCCCCC)n(C)c65)c4ccc3c2n1C. The number of nitrogens with zero attached hydrogens (tertiary/aromatic N) is 2. The molecule has 0 spiro atoms. The van der Waals surface area contributed by atoms with E-state index in [4.69, 9.17) is 9.47 Å². The molecule has 0 bridgehead atoms. The topological polar surface area (TPSA) is 28.3 Å². The minimum absolute atomic E-state index is 0.780. The highest BCUT2D eigenvalue weighted by Crippen LogP contribution is 2.39. The van der Waals surface area contributed by atoms with Crippen LogP contribution in [0.15, 0.2) is 60.7 Å². The molecule has 0 atom stereocenters. The molecule has 4 nitrogen and oxygen atoms in total. The lowest BCUT2D eigenvalue weighted by Crippen LogP contribution is -2.01. The standard InChI is InChI=1S/C40H50N2O2/c1-5-7-9-11-13-15-25-43-37-27-29-17-19-33-31-22-24-36-34(32(31)21-23-35(33)39(29)41(37)3)20-18-30-28-38(42(4)40(30)36)44-26-16-14-12-10-8-6-2/h17-24,27-28H,5-16,25-26H2,1-4H3. The third kappa shape index (κ3) is 6.01. The highest BCUT2D eigenvalue weighted by Gasteiger charge is 2.15. The van der Waals surface area contributed by atoms with Gasteiger partial charge in [0.15, 0.2) is 11.8 Å². The van der Waals surface area contributed by atoms with Crippen molar-refractivity contribution >= 4 is 54.1 Å². The van der Waals surface area contributed by atoms with Crippen molar-refractivity contribution in [3.63, 3.8) is 0 Å². The number of hydrogen-bond donors (Lipinski definition) is 0. The summed E-state index contributed by atoms with van der Waals surface area (Å²) in [5.41, 5.74) is 2.49. The largest absolute Gasteiger partial charge is 0.479 e. The first-order chi connectivity index (χ1) is 21.6. The molecule has 232 valence electrons. The normalized spacial score (nSPS) is 12.0. The molecule has 0 unspecified atom stereocenters. The van der Waals surface area contributed by atoms with E-state index in [9.17, 15) is 0 Å². The van der Waals surface area contributed by atoms with Gasteiger partial charge in [-0.05, 0) is 34.4 Å². The minimum Gasteiger partial charge on any atom is -0.479 e. The van der Waals surface area contributed by atoms with Gasteiger partial charge < -0.3 is 18.6 Å². The van der Waals surface area contributed by atoms with Crippen molar-refractivity contribution in [3.8, 4) is 11.8 Å². The zero-order valence-corrected chi connectivity index (χ0v) is 27.4. The van der Waals surface area contributed by atoms with Crippen molar-refractivity contribution in [3.05, 3.63) is 60.7 Å². The second kappa shape index (κ2) is 14.0. The molecule has 4 heteroatoms. The monoisotopic (exact) mass is 590 g/mol. The van der Waals surface area contributed by atoms with Crippen LogP contribution >= 0.6 is 0 Å². The van der Waals surface area contributed by atoms with Crippen LogP contribution in [0.5, 0.6) is 11.8 Å². The number of ether oxygens (including phenoxy) is 2. The Hall–Kier alpha value is -3.66. The summed E-state index contributed by atoms with van der Waals surface area (Å²) in [6, 6.07) is 22.7. The van der Waals surface area contributed by atoms with Gasteiger partial charge in [-0.25, -0.2) is 0 Å². The number of fused-ring (bicyclic) bond motifs is 9. The molecule has 6 rings (SSSR count). The molecule has 0 saturated heterocycles. The number of hydrogen-bond acceptors (Lipinski definition) is 2. The maximum absolute atomic E-state index is 6.28. The van der Waals surface area contributed by atoms with Gasteiger partial charge in [-0.2, -0.15) is 0 Å². The summed E-state index contributed by atoms with van der Waals surface area (Å²) in [7, 11) is 4.28. The van der Waals surface area contributed by atoms with Crippen LogP contribution in [-0.4, -0.2) is 22.3 Å². The van der Waals surface area contributed by atoms with Gasteiger partial charge in [0.25, 0.3) is 0 Å². The molecule has 4 aromatic carbocycles. The van der Waals surface area contributed by atoms with Crippen LogP contribution in [0.4, 0.5) is 0 Å². The molecular weight excluding hydrogens is 540 g/mol. The van der Waals surface area contributed by atoms with Crippen molar-refractivity contribution in [2.75, 3.05) is 13.2 Å². The Bertz CT molecular complexity index is 1740.